The number of hydrogen-bond donors (Lipinski definition) is 0. The second-order valence-electron chi connectivity index (χ2n) is 7.79. The van der Waals surface area contributed by atoms with Crippen LogP contribution in [0.1, 0.15) is 32.3 Å². The average molecular weight is 393 g/mol. The van der Waals surface area contributed by atoms with E-state index in [4.69, 9.17) is 14.5 Å². The maximum atomic E-state index is 13.3. The molecule has 8 nitrogen and oxygen atoms in total. The second kappa shape index (κ2) is 6.88. The van der Waals surface area contributed by atoms with Crippen molar-refractivity contribution in [3.05, 3.63) is 58.5 Å². The SMILES string of the molecule is COc1ccnc(Cn2nc3c4ccccc4nc(C(C)(C)C)n3c2=O)c1OC. The summed E-state index contributed by atoms with van der Waals surface area (Å²) in [6.45, 7) is 6.23. The summed E-state index contributed by atoms with van der Waals surface area (Å²) in [6.07, 6.45) is 1.62. The molecule has 4 aromatic rings. The van der Waals surface area contributed by atoms with E-state index >= 15 is 0 Å². The molecule has 0 unspecified atom stereocenters. The molecule has 29 heavy (non-hydrogen) atoms. The minimum absolute atomic E-state index is 0.152. The first-order chi connectivity index (χ1) is 13.8. The van der Waals surface area contributed by atoms with Gasteiger partial charge in [0.2, 0.25) is 0 Å². The zero-order valence-corrected chi connectivity index (χ0v) is 17.1. The van der Waals surface area contributed by atoms with E-state index in [0.717, 1.165) is 10.9 Å². The molecule has 0 aliphatic carbocycles. The fourth-order valence-electron chi connectivity index (χ4n) is 3.41. The molecule has 0 spiro atoms. The molecule has 3 aromatic heterocycles. The van der Waals surface area contributed by atoms with Crippen molar-refractivity contribution >= 4 is 16.6 Å². The Morgan fingerprint density at radius 1 is 1.07 bits per heavy atom. The molecule has 0 bridgehead atoms. The highest BCUT2D eigenvalue weighted by atomic mass is 16.5. The minimum Gasteiger partial charge on any atom is -0.493 e. The highest BCUT2D eigenvalue weighted by Crippen LogP contribution is 2.29. The van der Waals surface area contributed by atoms with E-state index in [1.54, 1.807) is 30.9 Å². The van der Waals surface area contributed by atoms with Crippen molar-refractivity contribution in [1.82, 2.24) is 24.1 Å². The molecule has 0 saturated heterocycles. The predicted molar refractivity (Wildman–Crippen MR) is 110 cm³/mol. The van der Waals surface area contributed by atoms with Crippen LogP contribution in [0.5, 0.6) is 11.5 Å². The van der Waals surface area contributed by atoms with E-state index in [-0.39, 0.29) is 17.6 Å². The number of para-hydroxylation sites is 1. The van der Waals surface area contributed by atoms with Gasteiger partial charge in [-0.05, 0) is 12.1 Å². The number of fused-ring (bicyclic) bond motifs is 3. The zero-order valence-electron chi connectivity index (χ0n) is 17.1. The van der Waals surface area contributed by atoms with Gasteiger partial charge in [-0.3, -0.25) is 4.98 Å². The van der Waals surface area contributed by atoms with Gasteiger partial charge in [0.05, 0.1) is 26.3 Å². The van der Waals surface area contributed by atoms with Crippen molar-refractivity contribution in [1.29, 1.82) is 0 Å². The Hall–Kier alpha value is -3.42. The van der Waals surface area contributed by atoms with Gasteiger partial charge in [-0.15, -0.1) is 5.10 Å². The van der Waals surface area contributed by atoms with Crippen LogP contribution in [0.2, 0.25) is 0 Å². The van der Waals surface area contributed by atoms with Gasteiger partial charge >= 0.3 is 5.69 Å². The molecule has 1 aromatic carbocycles. The van der Waals surface area contributed by atoms with Gasteiger partial charge in [0.25, 0.3) is 0 Å². The van der Waals surface area contributed by atoms with E-state index in [1.165, 1.54) is 4.68 Å². The Morgan fingerprint density at radius 3 is 2.52 bits per heavy atom. The highest BCUT2D eigenvalue weighted by Gasteiger charge is 2.25. The fourth-order valence-corrected chi connectivity index (χ4v) is 3.41. The number of aromatic nitrogens is 5. The molecule has 0 aliphatic heterocycles. The molecule has 3 heterocycles. The largest absolute Gasteiger partial charge is 0.493 e. The third-order valence-electron chi connectivity index (χ3n) is 4.76. The molecule has 0 saturated carbocycles. The Morgan fingerprint density at radius 2 is 1.83 bits per heavy atom. The van der Waals surface area contributed by atoms with Gasteiger partial charge in [0.1, 0.15) is 11.5 Å². The fraction of sp³-hybridized carbons (Fsp3) is 0.333. The summed E-state index contributed by atoms with van der Waals surface area (Å²) in [7, 11) is 3.11. The van der Waals surface area contributed by atoms with Crippen LogP contribution in [0.15, 0.2) is 41.3 Å². The van der Waals surface area contributed by atoms with Crippen LogP contribution >= 0.6 is 0 Å². The number of rotatable bonds is 4. The Bertz CT molecular complexity index is 1270. The smallest absolute Gasteiger partial charge is 0.352 e. The molecule has 8 heteroatoms. The van der Waals surface area contributed by atoms with Crippen LogP contribution in [0, 0.1) is 0 Å². The van der Waals surface area contributed by atoms with Crippen molar-refractivity contribution in [2.24, 2.45) is 0 Å². The van der Waals surface area contributed by atoms with E-state index in [9.17, 15) is 4.79 Å². The topological polar surface area (TPSA) is 83.5 Å². The van der Waals surface area contributed by atoms with Gasteiger partial charge in [-0.1, -0.05) is 32.9 Å². The second-order valence-corrected chi connectivity index (χ2v) is 7.79. The van der Waals surface area contributed by atoms with Crippen molar-refractivity contribution in [2.45, 2.75) is 32.7 Å². The normalized spacial score (nSPS) is 11.9. The summed E-state index contributed by atoms with van der Waals surface area (Å²) in [5.41, 5.74) is 1.33. The lowest BCUT2D eigenvalue weighted by atomic mass is 9.95. The van der Waals surface area contributed by atoms with Gasteiger partial charge in [0.15, 0.2) is 17.1 Å². The molecule has 0 aliphatic rings. The number of nitrogens with zero attached hydrogens (tertiary/aromatic N) is 5. The Kier molecular flexibility index (Phi) is 4.49. The third kappa shape index (κ3) is 3.10. The summed E-state index contributed by atoms with van der Waals surface area (Å²) < 4.78 is 13.8. The number of benzene rings is 1. The molecule has 0 radical (unpaired) electrons. The molecular weight excluding hydrogens is 370 g/mol. The summed E-state index contributed by atoms with van der Waals surface area (Å²) in [4.78, 5) is 22.5. The van der Waals surface area contributed by atoms with Crippen molar-refractivity contribution in [3.63, 3.8) is 0 Å². The van der Waals surface area contributed by atoms with Gasteiger partial charge in [0, 0.05) is 23.1 Å². The van der Waals surface area contributed by atoms with Crippen molar-refractivity contribution in [2.75, 3.05) is 14.2 Å². The lowest BCUT2D eigenvalue weighted by Gasteiger charge is -2.19. The summed E-state index contributed by atoms with van der Waals surface area (Å²) >= 11 is 0. The summed E-state index contributed by atoms with van der Waals surface area (Å²) in [5.74, 6) is 1.70. The molecule has 0 N–H and O–H groups in total. The maximum absolute atomic E-state index is 13.3. The molecule has 4 rings (SSSR count). The lowest BCUT2D eigenvalue weighted by molar-refractivity contribution is 0.347. The first-order valence-electron chi connectivity index (χ1n) is 9.30. The van der Waals surface area contributed by atoms with Crippen LogP contribution in [-0.2, 0) is 12.0 Å². The van der Waals surface area contributed by atoms with Crippen LogP contribution in [-0.4, -0.2) is 38.4 Å². The average Bonchev–Trinajstić information content (AvgIpc) is 3.03. The van der Waals surface area contributed by atoms with Crippen LogP contribution in [0.4, 0.5) is 0 Å². The zero-order chi connectivity index (χ0) is 20.8. The van der Waals surface area contributed by atoms with Crippen LogP contribution < -0.4 is 15.2 Å². The quantitative estimate of drug-likeness (QED) is 0.530. The molecular formula is C21H23N5O3. The van der Waals surface area contributed by atoms with Crippen LogP contribution in [0.25, 0.3) is 16.6 Å². The van der Waals surface area contributed by atoms with E-state index in [2.05, 4.69) is 10.1 Å². The van der Waals surface area contributed by atoms with E-state index in [0.29, 0.717) is 28.7 Å². The van der Waals surface area contributed by atoms with Gasteiger partial charge in [-0.25, -0.2) is 18.9 Å². The highest BCUT2D eigenvalue weighted by molar-refractivity contribution is 5.91. The minimum atomic E-state index is -0.341. The third-order valence-corrected chi connectivity index (χ3v) is 4.76. The number of ether oxygens (including phenoxy) is 2. The maximum Gasteiger partial charge on any atom is 0.352 e. The number of methoxy groups -OCH3 is 2. The molecule has 150 valence electrons. The van der Waals surface area contributed by atoms with E-state index in [1.807, 2.05) is 45.0 Å². The first kappa shape index (κ1) is 18.9. The standard InChI is InChI=1S/C21H23N5O3/c1-21(2,3)19-23-14-9-7-6-8-13(14)18-24-25(20(27)26(18)19)12-15-17(29-5)16(28-4)10-11-22-15/h6-11H,12H2,1-5H3. The molecule has 0 atom stereocenters. The van der Waals surface area contributed by atoms with Gasteiger partial charge in [-0.2, -0.15) is 0 Å². The lowest BCUT2D eigenvalue weighted by Crippen LogP contribution is -2.28. The summed E-state index contributed by atoms with van der Waals surface area (Å²) in [6, 6.07) is 9.41. The van der Waals surface area contributed by atoms with Crippen LogP contribution in [0.3, 0.4) is 0 Å². The Labute approximate surface area is 167 Å². The van der Waals surface area contributed by atoms with Gasteiger partial charge < -0.3 is 9.47 Å². The first-order valence-corrected chi connectivity index (χ1v) is 9.30. The molecule has 0 amide bonds. The van der Waals surface area contributed by atoms with E-state index < -0.39 is 0 Å². The summed E-state index contributed by atoms with van der Waals surface area (Å²) in [5, 5.41) is 5.45. The van der Waals surface area contributed by atoms with Crippen molar-refractivity contribution < 1.29 is 9.47 Å². The number of hydrogen-bond acceptors (Lipinski definition) is 6. The Balaban J connectivity index is 1.98. The number of pyridine rings is 1. The predicted octanol–water partition coefficient (Wildman–Crippen LogP) is 2.80. The molecule has 0 fully saturated rings. The monoisotopic (exact) mass is 393 g/mol. The van der Waals surface area contributed by atoms with Crippen molar-refractivity contribution in [3.8, 4) is 11.5 Å².